The maximum absolute atomic E-state index is 12.5. The largest absolute Gasteiger partial charge is 0.340 e. The molecule has 0 fully saturated rings. The van der Waals surface area contributed by atoms with Gasteiger partial charge in [0, 0.05) is 13.6 Å². The van der Waals surface area contributed by atoms with Gasteiger partial charge in [-0.25, -0.2) is 4.79 Å². The van der Waals surface area contributed by atoms with Crippen LogP contribution < -0.4 is 11.2 Å². The number of amides is 1. The number of carbonyl (C=O) groups is 1. The number of carbonyl (C=O) groups excluding carboxylic acids is 1. The van der Waals surface area contributed by atoms with E-state index in [1.54, 1.807) is 31.3 Å². The monoisotopic (exact) mass is 337 g/mol. The molecule has 1 aromatic heterocycles. The van der Waals surface area contributed by atoms with Crippen molar-refractivity contribution in [2.24, 2.45) is 0 Å². The molecule has 0 bridgehead atoms. The summed E-state index contributed by atoms with van der Waals surface area (Å²) in [5.41, 5.74) is 1.56. The predicted octanol–water partition coefficient (Wildman–Crippen LogP) is 1.66. The van der Waals surface area contributed by atoms with Crippen LogP contribution in [0.2, 0.25) is 0 Å². The van der Waals surface area contributed by atoms with Crippen LogP contribution in [0.25, 0.3) is 10.9 Å². The van der Waals surface area contributed by atoms with Gasteiger partial charge in [-0.05, 0) is 24.6 Å². The summed E-state index contributed by atoms with van der Waals surface area (Å²) in [7, 11) is 1.66. The van der Waals surface area contributed by atoms with E-state index in [4.69, 9.17) is 0 Å². The number of nitrogens with one attached hydrogen (secondary N) is 1. The van der Waals surface area contributed by atoms with Crippen molar-refractivity contribution in [3.63, 3.8) is 0 Å². The lowest BCUT2D eigenvalue weighted by Gasteiger charge is -2.18. The number of aryl methyl sites for hydroxylation is 1. The molecule has 0 saturated heterocycles. The Bertz CT molecular complexity index is 1030. The molecule has 1 heterocycles. The number of hydrogen-bond donors (Lipinski definition) is 1. The van der Waals surface area contributed by atoms with E-state index in [-0.39, 0.29) is 12.5 Å². The molecule has 2 aromatic carbocycles. The number of rotatable bonds is 4. The standard InChI is InChI=1S/C19H19N3O3/c1-13-7-9-14(10-8-13)11-21(2)17(23)12-22-18(24)15-5-3-4-6-16(15)20-19(22)25/h3-10H,11-12H2,1-2H3,(H,20,25). The van der Waals surface area contributed by atoms with E-state index in [2.05, 4.69) is 4.98 Å². The molecule has 1 N–H and O–H groups in total. The van der Waals surface area contributed by atoms with E-state index in [9.17, 15) is 14.4 Å². The van der Waals surface area contributed by atoms with Crippen LogP contribution in [0.15, 0.2) is 58.1 Å². The molecule has 0 atom stereocenters. The average molecular weight is 337 g/mol. The van der Waals surface area contributed by atoms with Crippen molar-refractivity contribution in [2.45, 2.75) is 20.0 Å². The van der Waals surface area contributed by atoms with Gasteiger partial charge in [0.1, 0.15) is 6.54 Å². The van der Waals surface area contributed by atoms with Gasteiger partial charge in [0.05, 0.1) is 10.9 Å². The Labute approximate surface area is 144 Å². The highest BCUT2D eigenvalue weighted by atomic mass is 16.2. The van der Waals surface area contributed by atoms with Gasteiger partial charge in [0.15, 0.2) is 0 Å². The summed E-state index contributed by atoms with van der Waals surface area (Å²) in [6, 6.07) is 14.6. The molecule has 6 nitrogen and oxygen atoms in total. The second-order valence-electron chi connectivity index (χ2n) is 6.10. The lowest BCUT2D eigenvalue weighted by atomic mass is 10.1. The smallest absolute Gasteiger partial charge is 0.329 e. The van der Waals surface area contributed by atoms with E-state index < -0.39 is 11.2 Å². The van der Waals surface area contributed by atoms with Crippen LogP contribution in [-0.2, 0) is 17.9 Å². The third kappa shape index (κ3) is 3.52. The van der Waals surface area contributed by atoms with E-state index >= 15 is 0 Å². The first-order valence-electron chi connectivity index (χ1n) is 7.97. The Kier molecular flexibility index (Phi) is 4.52. The van der Waals surface area contributed by atoms with Crippen LogP contribution >= 0.6 is 0 Å². The minimum Gasteiger partial charge on any atom is -0.340 e. The van der Waals surface area contributed by atoms with Crippen molar-refractivity contribution in [3.05, 3.63) is 80.5 Å². The molecule has 3 rings (SSSR count). The van der Waals surface area contributed by atoms with Gasteiger partial charge in [0.2, 0.25) is 5.91 Å². The fourth-order valence-electron chi connectivity index (χ4n) is 2.65. The van der Waals surface area contributed by atoms with Crippen LogP contribution in [0.3, 0.4) is 0 Å². The molecule has 0 saturated carbocycles. The molecular weight excluding hydrogens is 318 g/mol. The Balaban J connectivity index is 1.83. The zero-order valence-corrected chi connectivity index (χ0v) is 14.2. The number of aromatic amines is 1. The molecule has 0 radical (unpaired) electrons. The molecule has 0 spiro atoms. The Morgan fingerprint density at radius 1 is 1.08 bits per heavy atom. The summed E-state index contributed by atoms with van der Waals surface area (Å²) in [6.45, 7) is 2.12. The van der Waals surface area contributed by atoms with Gasteiger partial charge in [-0.3, -0.25) is 14.2 Å². The summed E-state index contributed by atoms with van der Waals surface area (Å²) >= 11 is 0. The first-order valence-corrected chi connectivity index (χ1v) is 7.97. The van der Waals surface area contributed by atoms with Crippen molar-refractivity contribution >= 4 is 16.8 Å². The van der Waals surface area contributed by atoms with Crippen LogP contribution in [0.4, 0.5) is 0 Å². The summed E-state index contributed by atoms with van der Waals surface area (Å²) in [6.07, 6.45) is 0. The zero-order valence-electron chi connectivity index (χ0n) is 14.2. The number of nitrogens with zero attached hydrogens (tertiary/aromatic N) is 2. The highest BCUT2D eigenvalue weighted by molar-refractivity contribution is 5.78. The first kappa shape index (κ1) is 16.7. The van der Waals surface area contributed by atoms with Gasteiger partial charge in [-0.2, -0.15) is 0 Å². The van der Waals surface area contributed by atoms with Crippen LogP contribution in [-0.4, -0.2) is 27.4 Å². The molecule has 0 unspecified atom stereocenters. The first-order chi connectivity index (χ1) is 12.0. The fourth-order valence-corrected chi connectivity index (χ4v) is 2.65. The van der Waals surface area contributed by atoms with Gasteiger partial charge < -0.3 is 9.88 Å². The third-order valence-corrected chi connectivity index (χ3v) is 4.15. The minimum atomic E-state index is -0.583. The second kappa shape index (κ2) is 6.76. The Morgan fingerprint density at radius 3 is 2.48 bits per heavy atom. The quantitative estimate of drug-likeness (QED) is 0.787. The maximum Gasteiger partial charge on any atom is 0.329 e. The summed E-state index contributed by atoms with van der Waals surface area (Å²) in [5.74, 6) is -0.302. The van der Waals surface area contributed by atoms with Crippen molar-refractivity contribution in [3.8, 4) is 0 Å². The number of aromatic nitrogens is 2. The van der Waals surface area contributed by atoms with Crippen molar-refractivity contribution in [1.29, 1.82) is 0 Å². The van der Waals surface area contributed by atoms with Gasteiger partial charge >= 0.3 is 5.69 Å². The number of hydrogen-bond acceptors (Lipinski definition) is 3. The number of para-hydroxylation sites is 1. The van der Waals surface area contributed by atoms with Crippen LogP contribution in [0.1, 0.15) is 11.1 Å². The van der Waals surface area contributed by atoms with E-state index in [0.717, 1.165) is 15.7 Å². The minimum absolute atomic E-state index is 0.290. The number of likely N-dealkylation sites (N-methyl/N-ethyl adjacent to an activating group) is 1. The van der Waals surface area contributed by atoms with E-state index in [1.165, 1.54) is 4.90 Å². The number of H-pyrrole nitrogens is 1. The average Bonchev–Trinajstić information content (AvgIpc) is 2.60. The lowest BCUT2D eigenvalue weighted by molar-refractivity contribution is -0.131. The summed E-state index contributed by atoms with van der Waals surface area (Å²) in [4.78, 5) is 41.2. The Hall–Kier alpha value is -3.15. The number of benzene rings is 2. The number of fused-ring (bicyclic) bond motifs is 1. The lowest BCUT2D eigenvalue weighted by Crippen LogP contribution is -2.41. The zero-order chi connectivity index (χ0) is 18.0. The molecule has 6 heteroatoms. The molecule has 0 aliphatic rings. The summed E-state index contributed by atoms with van der Waals surface area (Å²) in [5, 5.41) is 0.385. The van der Waals surface area contributed by atoms with Crippen LogP contribution in [0.5, 0.6) is 0 Å². The van der Waals surface area contributed by atoms with Crippen LogP contribution in [0, 0.1) is 6.92 Å². The molecular formula is C19H19N3O3. The topological polar surface area (TPSA) is 75.2 Å². The molecule has 128 valence electrons. The van der Waals surface area contributed by atoms with Crippen molar-refractivity contribution < 1.29 is 4.79 Å². The third-order valence-electron chi connectivity index (χ3n) is 4.15. The van der Waals surface area contributed by atoms with E-state index in [1.807, 2.05) is 31.2 Å². The summed E-state index contributed by atoms with van der Waals surface area (Å²) < 4.78 is 0.941. The molecule has 0 aliphatic carbocycles. The van der Waals surface area contributed by atoms with Crippen molar-refractivity contribution in [2.75, 3.05) is 7.05 Å². The highest BCUT2D eigenvalue weighted by Crippen LogP contribution is 2.07. The highest BCUT2D eigenvalue weighted by Gasteiger charge is 2.14. The Morgan fingerprint density at radius 2 is 1.76 bits per heavy atom. The maximum atomic E-state index is 12.5. The molecule has 1 amide bonds. The van der Waals surface area contributed by atoms with Gasteiger partial charge in [-0.15, -0.1) is 0 Å². The van der Waals surface area contributed by atoms with Crippen molar-refractivity contribution in [1.82, 2.24) is 14.5 Å². The predicted molar refractivity (Wildman–Crippen MR) is 96.5 cm³/mol. The van der Waals surface area contributed by atoms with Gasteiger partial charge in [0.25, 0.3) is 5.56 Å². The normalized spacial score (nSPS) is 10.8. The van der Waals surface area contributed by atoms with E-state index in [0.29, 0.717) is 17.4 Å². The second-order valence-corrected chi connectivity index (χ2v) is 6.10. The SMILES string of the molecule is Cc1ccc(CN(C)C(=O)Cn2c(=O)[nH]c3ccccc3c2=O)cc1. The molecule has 3 aromatic rings. The molecule has 0 aliphatic heterocycles. The fraction of sp³-hybridized carbons (Fsp3) is 0.211. The van der Waals surface area contributed by atoms with Gasteiger partial charge in [-0.1, -0.05) is 42.0 Å². The molecule has 25 heavy (non-hydrogen) atoms.